The summed E-state index contributed by atoms with van der Waals surface area (Å²) in [6, 6.07) is 6.31. The van der Waals surface area contributed by atoms with Crippen LogP contribution in [0, 0.1) is 0 Å². The molecule has 0 saturated heterocycles. The summed E-state index contributed by atoms with van der Waals surface area (Å²) in [5.74, 6) is 0. The van der Waals surface area contributed by atoms with Crippen molar-refractivity contribution in [1.82, 2.24) is 15.0 Å². The van der Waals surface area contributed by atoms with Gasteiger partial charge in [0.15, 0.2) is 0 Å². The van der Waals surface area contributed by atoms with Crippen LogP contribution in [0.5, 0.6) is 0 Å². The topological polar surface area (TPSA) is 50.9 Å². The monoisotopic (exact) mass is 257 g/mol. The molecule has 4 heteroatoms. The van der Waals surface area contributed by atoms with Crippen LogP contribution in [-0.2, 0) is 19.4 Å². The van der Waals surface area contributed by atoms with E-state index in [1.165, 1.54) is 24.0 Å². The summed E-state index contributed by atoms with van der Waals surface area (Å²) in [5, 5.41) is 18.5. The number of fused-ring (bicyclic) bond motifs is 1. The van der Waals surface area contributed by atoms with Crippen LogP contribution in [0.1, 0.15) is 48.3 Å². The molecule has 0 bridgehead atoms. The zero-order valence-corrected chi connectivity index (χ0v) is 11.2. The van der Waals surface area contributed by atoms with Crippen LogP contribution in [0.25, 0.3) is 0 Å². The summed E-state index contributed by atoms with van der Waals surface area (Å²) in [4.78, 5) is 0. The smallest absolute Gasteiger partial charge is 0.122 e. The molecule has 4 nitrogen and oxygen atoms in total. The van der Waals surface area contributed by atoms with Gasteiger partial charge in [-0.05, 0) is 42.4 Å². The SMILES string of the molecule is CCCn1nncc1C(O)c1ccc2c(c1)CCC2. The molecule has 1 heterocycles. The van der Waals surface area contributed by atoms with Crippen molar-refractivity contribution in [3.05, 3.63) is 46.8 Å². The Morgan fingerprint density at radius 2 is 2.16 bits per heavy atom. The lowest BCUT2D eigenvalue weighted by Gasteiger charge is -2.13. The van der Waals surface area contributed by atoms with Gasteiger partial charge in [0.2, 0.25) is 0 Å². The van der Waals surface area contributed by atoms with Crippen molar-refractivity contribution >= 4 is 0 Å². The first-order valence-corrected chi connectivity index (χ1v) is 6.97. The van der Waals surface area contributed by atoms with Crippen LogP contribution in [0.4, 0.5) is 0 Å². The fraction of sp³-hybridized carbons (Fsp3) is 0.467. The first kappa shape index (κ1) is 12.4. The molecule has 0 spiro atoms. The van der Waals surface area contributed by atoms with Crippen LogP contribution in [0.2, 0.25) is 0 Å². The van der Waals surface area contributed by atoms with Gasteiger partial charge in [-0.25, -0.2) is 4.68 Å². The average Bonchev–Trinajstić information content (AvgIpc) is 3.05. The Bertz CT molecular complexity index is 577. The third-order valence-electron chi connectivity index (χ3n) is 3.80. The van der Waals surface area contributed by atoms with E-state index in [0.717, 1.165) is 30.6 Å². The maximum Gasteiger partial charge on any atom is 0.122 e. The summed E-state index contributed by atoms with van der Waals surface area (Å²) in [6.07, 6.45) is 5.53. The summed E-state index contributed by atoms with van der Waals surface area (Å²) in [6.45, 7) is 2.88. The molecule has 0 saturated carbocycles. The van der Waals surface area contributed by atoms with E-state index in [-0.39, 0.29) is 0 Å². The Kier molecular flexibility index (Phi) is 3.34. The molecule has 0 amide bonds. The van der Waals surface area contributed by atoms with Gasteiger partial charge in [0, 0.05) is 6.54 Å². The van der Waals surface area contributed by atoms with Gasteiger partial charge in [0.25, 0.3) is 0 Å². The van der Waals surface area contributed by atoms with Gasteiger partial charge >= 0.3 is 0 Å². The van der Waals surface area contributed by atoms with Crippen LogP contribution < -0.4 is 0 Å². The minimum absolute atomic E-state index is 0.632. The fourth-order valence-corrected chi connectivity index (χ4v) is 2.80. The highest BCUT2D eigenvalue weighted by Crippen LogP contribution is 2.28. The minimum atomic E-state index is -0.632. The number of aryl methyl sites for hydroxylation is 3. The summed E-state index contributed by atoms with van der Waals surface area (Å²) in [7, 11) is 0. The second-order valence-corrected chi connectivity index (χ2v) is 5.17. The lowest BCUT2D eigenvalue weighted by Crippen LogP contribution is -2.10. The second kappa shape index (κ2) is 5.13. The average molecular weight is 257 g/mol. The van der Waals surface area contributed by atoms with E-state index in [1.54, 1.807) is 10.9 Å². The van der Waals surface area contributed by atoms with Gasteiger partial charge in [0.05, 0.1) is 11.9 Å². The molecule has 0 radical (unpaired) electrons. The standard InChI is InChI=1S/C15H19N3O/c1-2-8-18-14(10-16-17-18)15(19)13-7-6-11-4-3-5-12(11)9-13/h6-7,9-10,15,19H,2-5,8H2,1H3. The van der Waals surface area contributed by atoms with Gasteiger partial charge in [0.1, 0.15) is 6.10 Å². The van der Waals surface area contributed by atoms with E-state index < -0.39 is 6.10 Å². The molecule has 1 aromatic heterocycles. The quantitative estimate of drug-likeness (QED) is 0.914. The third-order valence-corrected chi connectivity index (χ3v) is 3.80. The summed E-state index contributed by atoms with van der Waals surface area (Å²) in [5.41, 5.74) is 4.53. The number of nitrogens with zero attached hydrogens (tertiary/aromatic N) is 3. The first-order chi connectivity index (χ1) is 9.29. The maximum absolute atomic E-state index is 10.5. The van der Waals surface area contributed by atoms with Crippen molar-refractivity contribution in [2.45, 2.75) is 45.3 Å². The molecule has 1 aliphatic rings. The molecule has 3 rings (SSSR count). The lowest BCUT2D eigenvalue weighted by atomic mass is 10.0. The number of aromatic nitrogens is 3. The Balaban J connectivity index is 1.90. The Morgan fingerprint density at radius 3 is 3.00 bits per heavy atom. The lowest BCUT2D eigenvalue weighted by molar-refractivity contribution is 0.207. The van der Waals surface area contributed by atoms with E-state index in [9.17, 15) is 5.11 Å². The van der Waals surface area contributed by atoms with Crippen molar-refractivity contribution in [3.8, 4) is 0 Å². The molecular weight excluding hydrogens is 238 g/mol. The normalized spacial score (nSPS) is 15.5. The van der Waals surface area contributed by atoms with E-state index in [2.05, 4.69) is 29.4 Å². The molecule has 1 aromatic carbocycles. The Labute approximate surface area is 113 Å². The highest BCUT2D eigenvalue weighted by Gasteiger charge is 2.18. The van der Waals surface area contributed by atoms with E-state index >= 15 is 0 Å². The van der Waals surface area contributed by atoms with E-state index in [4.69, 9.17) is 0 Å². The number of hydrogen-bond acceptors (Lipinski definition) is 3. The molecular formula is C15H19N3O. The second-order valence-electron chi connectivity index (χ2n) is 5.17. The van der Waals surface area contributed by atoms with Crippen molar-refractivity contribution in [2.75, 3.05) is 0 Å². The fourth-order valence-electron chi connectivity index (χ4n) is 2.80. The molecule has 0 aliphatic heterocycles. The largest absolute Gasteiger partial charge is 0.382 e. The van der Waals surface area contributed by atoms with Crippen molar-refractivity contribution in [2.24, 2.45) is 0 Å². The van der Waals surface area contributed by atoms with Gasteiger partial charge in [-0.2, -0.15) is 0 Å². The highest BCUT2D eigenvalue weighted by atomic mass is 16.3. The van der Waals surface area contributed by atoms with Gasteiger partial charge in [-0.1, -0.05) is 30.3 Å². The van der Waals surface area contributed by atoms with Crippen LogP contribution in [0.3, 0.4) is 0 Å². The highest BCUT2D eigenvalue weighted by molar-refractivity contribution is 5.37. The van der Waals surface area contributed by atoms with Gasteiger partial charge < -0.3 is 5.11 Å². The van der Waals surface area contributed by atoms with Crippen LogP contribution in [0.15, 0.2) is 24.4 Å². The van der Waals surface area contributed by atoms with Gasteiger partial charge in [-0.15, -0.1) is 5.10 Å². The molecule has 1 atom stereocenters. The first-order valence-electron chi connectivity index (χ1n) is 6.97. The number of rotatable bonds is 4. The Morgan fingerprint density at radius 1 is 1.32 bits per heavy atom. The van der Waals surface area contributed by atoms with Crippen molar-refractivity contribution < 1.29 is 5.11 Å². The summed E-state index contributed by atoms with van der Waals surface area (Å²) < 4.78 is 1.79. The van der Waals surface area contributed by atoms with Crippen LogP contribution in [-0.4, -0.2) is 20.1 Å². The molecule has 1 aliphatic carbocycles. The van der Waals surface area contributed by atoms with Crippen LogP contribution >= 0.6 is 0 Å². The predicted octanol–water partition coefficient (Wildman–Crippen LogP) is 2.26. The maximum atomic E-state index is 10.5. The molecule has 1 N–H and O–H groups in total. The Hall–Kier alpha value is -1.68. The number of aliphatic hydroxyl groups excluding tert-OH is 1. The van der Waals surface area contributed by atoms with E-state index in [0.29, 0.717) is 0 Å². The van der Waals surface area contributed by atoms with Crippen molar-refractivity contribution in [1.29, 1.82) is 0 Å². The molecule has 19 heavy (non-hydrogen) atoms. The van der Waals surface area contributed by atoms with E-state index in [1.807, 2.05) is 6.07 Å². The molecule has 0 fully saturated rings. The molecule has 2 aromatic rings. The zero-order chi connectivity index (χ0) is 13.2. The summed E-state index contributed by atoms with van der Waals surface area (Å²) >= 11 is 0. The third kappa shape index (κ3) is 2.28. The number of hydrogen-bond donors (Lipinski definition) is 1. The molecule has 100 valence electrons. The predicted molar refractivity (Wildman–Crippen MR) is 72.8 cm³/mol. The van der Waals surface area contributed by atoms with Crippen molar-refractivity contribution in [3.63, 3.8) is 0 Å². The number of aliphatic hydroxyl groups is 1. The van der Waals surface area contributed by atoms with Gasteiger partial charge in [-0.3, -0.25) is 0 Å². The number of benzene rings is 1. The minimum Gasteiger partial charge on any atom is -0.382 e. The zero-order valence-electron chi connectivity index (χ0n) is 11.2. The molecule has 1 unspecified atom stereocenters.